The van der Waals surface area contributed by atoms with Gasteiger partial charge in [-0.05, 0) is 6.92 Å². The highest BCUT2D eigenvalue weighted by Gasteiger charge is 1.91. The lowest BCUT2D eigenvalue weighted by atomic mass is 10.1. The van der Waals surface area contributed by atoms with Crippen LogP contribution in [0.5, 0.6) is 0 Å². The fourth-order valence-electron chi connectivity index (χ4n) is 4.83. The molecule has 0 spiro atoms. The van der Waals surface area contributed by atoms with Gasteiger partial charge in [0, 0.05) is 5.57 Å². The van der Waals surface area contributed by atoms with Crippen molar-refractivity contribution in [2.45, 2.75) is 268 Å². The Labute approximate surface area is 295 Å². The van der Waals surface area contributed by atoms with E-state index in [1.165, 1.54) is 212 Å². The zero-order valence-electron chi connectivity index (χ0n) is 34.2. The molecule has 0 aliphatic rings. The van der Waals surface area contributed by atoms with E-state index in [4.69, 9.17) is 5.11 Å². The Morgan fingerprint density at radius 2 is 0.413 bits per heavy atom. The van der Waals surface area contributed by atoms with Crippen LogP contribution < -0.4 is 0 Å². The summed E-state index contributed by atoms with van der Waals surface area (Å²) in [6.45, 7) is 22.8. The van der Waals surface area contributed by atoms with Crippen LogP contribution in [0.1, 0.15) is 268 Å². The normalized spacial score (nSPS) is 9.85. The molecule has 0 aromatic rings. The van der Waals surface area contributed by atoms with E-state index in [9.17, 15) is 4.79 Å². The van der Waals surface area contributed by atoms with Gasteiger partial charge in [0.1, 0.15) is 0 Å². The number of carbonyl (C=O) groups is 1. The number of hydrogen-bond acceptors (Lipinski definition) is 1. The lowest BCUT2D eigenvalue weighted by molar-refractivity contribution is -0.132. The number of aliphatic carboxylic acids is 1. The Balaban J connectivity index is -0.000000154. The molecule has 0 rings (SSSR count). The molecule has 2 heteroatoms. The minimum atomic E-state index is -0.935. The second-order valence-electron chi connectivity index (χ2n) is 13.6. The van der Waals surface area contributed by atoms with Crippen molar-refractivity contribution in [1.82, 2.24) is 0 Å². The van der Waals surface area contributed by atoms with Crippen molar-refractivity contribution >= 4 is 5.97 Å². The molecule has 0 heterocycles. The topological polar surface area (TPSA) is 37.3 Å². The first-order valence-corrected chi connectivity index (χ1v) is 21.2. The van der Waals surface area contributed by atoms with Gasteiger partial charge >= 0.3 is 5.97 Å². The summed E-state index contributed by atoms with van der Waals surface area (Å²) < 4.78 is 0. The number of rotatable bonds is 29. The third kappa shape index (κ3) is 79.0. The van der Waals surface area contributed by atoms with Crippen LogP contribution in [0.4, 0.5) is 0 Å². The first kappa shape index (κ1) is 54.7. The molecule has 0 saturated heterocycles. The summed E-state index contributed by atoms with van der Waals surface area (Å²) in [5.41, 5.74) is 0.176. The van der Waals surface area contributed by atoms with Crippen molar-refractivity contribution in [3.05, 3.63) is 12.2 Å². The van der Waals surface area contributed by atoms with Crippen LogP contribution in [0, 0.1) is 0 Å². The monoisotopic (exact) mass is 655 g/mol. The third-order valence-corrected chi connectivity index (χ3v) is 8.19. The van der Waals surface area contributed by atoms with Crippen LogP contribution >= 0.6 is 0 Å². The zero-order chi connectivity index (χ0) is 35.8. The van der Waals surface area contributed by atoms with Crippen molar-refractivity contribution in [3.8, 4) is 0 Å². The molecule has 0 aliphatic heterocycles. The van der Waals surface area contributed by atoms with E-state index < -0.39 is 5.97 Å². The van der Waals surface area contributed by atoms with Crippen molar-refractivity contribution in [2.75, 3.05) is 0 Å². The molecule has 0 aliphatic carbocycles. The Morgan fingerprint density at radius 3 is 0.478 bits per heavy atom. The minimum Gasteiger partial charge on any atom is -0.478 e. The number of carboxylic acids is 1. The molecule has 0 aromatic carbocycles. The van der Waals surface area contributed by atoms with Gasteiger partial charge in [-0.3, -0.25) is 0 Å². The minimum absolute atomic E-state index is 0.176. The molecular weight excluding hydrogens is 560 g/mol. The van der Waals surface area contributed by atoms with Crippen molar-refractivity contribution in [3.63, 3.8) is 0 Å². The maximum atomic E-state index is 9.60. The van der Waals surface area contributed by atoms with Gasteiger partial charge in [0.15, 0.2) is 0 Å². The number of hydrogen-bond donors (Lipinski definition) is 1. The van der Waals surface area contributed by atoms with Crippen molar-refractivity contribution < 1.29 is 9.90 Å². The average molecular weight is 655 g/mol. The molecule has 0 bridgehead atoms. The largest absolute Gasteiger partial charge is 0.478 e. The van der Waals surface area contributed by atoms with Gasteiger partial charge in [0.2, 0.25) is 0 Å². The maximum absolute atomic E-state index is 9.60. The molecule has 0 saturated carbocycles. The van der Waals surface area contributed by atoms with E-state index >= 15 is 0 Å². The summed E-state index contributed by atoms with van der Waals surface area (Å²) in [5.74, 6) is -0.935. The van der Waals surface area contributed by atoms with Gasteiger partial charge in [0.05, 0.1) is 0 Å². The summed E-state index contributed by atoms with van der Waals surface area (Å²) in [5, 5.41) is 7.89. The van der Waals surface area contributed by atoms with E-state index in [2.05, 4.69) is 62.0 Å². The number of carboxylic acid groups (broad SMARTS) is 1. The second-order valence-corrected chi connectivity index (χ2v) is 13.6. The van der Waals surface area contributed by atoms with E-state index in [-0.39, 0.29) is 5.57 Å². The summed E-state index contributed by atoms with van der Waals surface area (Å²) >= 11 is 0. The highest BCUT2D eigenvalue weighted by atomic mass is 16.4. The Bertz CT molecular complexity index is 376. The lowest BCUT2D eigenvalue weighted by Gasteiger charge is -1.97. The van der Waals surface area contributed by atoms with E-state index in [1.807, 2.05) is 0 Å². The van der Waals surface area contributed by atoms with Crippen LogP contribution in [0.3, 0.4) is 0 Å². The van der Waals surface area contributed by atoms with Crippen LogP contribution in [-0.4, -0.2) is 11.1 Å². The van der Waals surface area contributed by atoms with Crippen molar-refractivity contribution in [1.29, 1.82) is 0 Å². The molecule has 0 unspecified atom stereocenters. The van der Waals surface area contributed by atoms with E-state index in [1.54, 1.807) is 0 Å². The Hall–Kier alpha value is -0.790. The number of unbranched alkanes of at least 4 members (excludes halogenated alkanes) is 28. The third-order valence-electron chi connectivity index (χ3n) is 8.19. The summed E-state index contributed by atoms with van der Waals surface area (Å²) in [6.07, 6.45) is 45.8. The molecule has 46 heavy (non-hydrogen) atoms. The molecule has 0 atom stereocenters. The highest BCUT2D eigenvalue weighted by Crippen LogP contribution is 2.10. The summed E-state index contributed by atoms with van der Waals surface area (Å²) in [7, 11) is 0. The Morgan fingerprint density at radius 1 is 0.326 bits per heavy atom. The standard InChI is InChI=1S/4C10H22.C4H6O2/c4*1-3-5-7-9-10-8-6-4-2;1-3(2)4(5)6/h4*3-10H2,1-2H3;1H2,2H3,(H,5,6). The maximum Gasteiger partial charge on any atom is 0.330 e. The SMILES string of the molecule is C=C(C)C(=O)O.CCCCCCCCCC.CCCCCCCCCC.CCCCCCCCCC.CCCCCCCCCC. The second kappa shape index (κ2) is 59.6. The molecule has 0 fully saturated rings. The Kier molecular flexibility index (Phi) is 70.8. The van der Waals surface area contributed by atoms with E-state index in [0.29, 0.717) is 0 Å². The average Bonchev–Trinajstić information content (AvgIpc) is 3.05. The molecule has 282 valence electrons. The first-order chi connectivity index (χ1) is 22.3. The smallest absolute Gasteiger partial charge is 0.330 e. The molecule has 0 radical (unpaired) electrons. The van der Waals surface area contributed by atoms with Gasteiger partial charge in [-0.15, -0.1) is 0 Å². The van der Waals surface area contributed by atoms with Crippen LogP contribution in [0.25, 0.3) is 0 Å². The predicted molar refractivity (Wildman–Crippen MR) is 216 cm³/mol. The molecule has 2 nitrogen and oxygen atoms in total. The highest BCUT2D eigenvalue weighted by molar-refractivity contribution is 5.84. The van der Waals surface area contributed by atoms with Crippen LogP contribution in [0.2, 0.25) is 0 Å². The fraction of sp³-hybridized carbons (Fsp3) is 0.932. The molecule has 0 amide bonds. The van der Waals surface area contributed by atoms with Gasteiger partial charge in [0.25, 0.3) is 0 Å². The van der Waals surface area contributed by atoms with Crippen LogP contribution in [-0.2, 0) is 4.79 Å². The van der Waals surface area contributed by atoms with Gasteiger partial charge in [-0.2, -0.15) is 0 Å². The fourth-order valence-corrected chi connectivity index (χ4v) is 4.83. The molecule has 1 N–H and O–H groups in total. The lowest BCUT2D eigenvalue weighted by Crippen LogP contribution is -1.92. The summed E-state index contributed by atoms with van der Waals surface area (Å²) in [6, 6.07) is 0. The van der Waals surface area contributed by atoms with Gasteiger partial charge in [-0.1, -0.05) is 267 Å². The quantitative estimate of drug-likeness (QED) is 0.0643. The van der Waals surface area contributed by atoms with Gasteiger partial charge < -0.3 is 5.11 Å². The first-order valence-electron chi connectivity index (χ1n) is 21.2. The zero-order valence-corrected chi connectivity index (χ0v) is 34.2. The molecule has 0 aromatic heterocycles. The molecular formula is C44H94O2. The van der Waals surface area contributed by atoms with Crippen LogP contribution in [0.15, 0.2) is 12.2 Å². The van der Waals surface area contributed by atoms with Gasteiger partial charge in [-0.25, -0.2) is 4.79 Å². The summed E-state index contributed by atoms with van der Waals surface area (Å²) in [4.78, 5) is 9.60. The van der Waals surface area contributed by atoms with Crippen molar-refractivity contribution in [2.24, 2.45) is 0 Å². The van der Waals surface area contributed by atoms with E-state index in [0.717, 1.165) is 0 Å². The predicted octanol–water partition coefficient (Wildman–Crippen LogP) is 17.2.